The van der Waals surface area contributed by atoms with Gasteiger partial charge in [0.15, 0.2) is 11.5 Å². The van der Waals surface area contributed by atoms with Crippen molar-refractivity contribution in [3.63, 3.8) is 0 Å². The van der Waals surface area contributed by atoms with Crippen molar-refractivity contribution in [3.05, 3.63) is 18.1 Å². The van der Waals surface area contributed by atoms with Gasteiger partial charge < -0.3 is 4.90 Å². The Bertz CT molecular complexity index is 387. The topological polar surface area (TPSA) is 52.8 Å². The fourth-order valence-corrected chi connectivity index (χ4v) is 2.67. The predicted octanol–water partition coefficient (Wildman–Crippen LogP) is 1.29. The third-order valence-electron chi connectivity index (χ3n) is 2.33. The standard InChI is InChI=1S/C10H12N4S/c1-8-7-14(4-5-15-8)10-9(6-11)12-2-3-13-10/h2-3,8H,4-5,7H2,1H3. The summed E-state index contributed by atoms with van der Waals surface area (Å²) in [6.07, 6.45) is 3.20. The van der Waals surface area contributed by atoms with Crippen LogP contribution in [0.5, 0.6) is 0 Å². The van der Waals surface area contributed by atoms with Crippen LogP contribution in [0.1, 0.15) is 12.6 Å². The third kappa shape index (κ3) is 2.21. The van der Waals surface area contributed by atoms with E-state index in [0.717, 1.165) is 24.7 Å². The monoisotopic (exact) mass is 220 g/mol. The molecule has 5 heteroatoms. The first kappa shape index (κ1) is 10.2. The van der Waals surface area contributed by atoms with E-state index < -0.39 is 0 Å². The van der Waals surface area contributed by atoms with E-state index in [2.05, 4.69) is 27.9 Å². The van der Waals surface area contributed by atoms with Crippen LogP contribution >= 0.6 is 11.8 Å². The summed E-state index contributed by atoms with van der Waals surface area (Å²) in [7, 11) is 0. The summed E-state index contributed by atoms with van der Waals surface area (Å²) in [5.41, 5.74) is 0.427. The Morgan fingerprint density at radius 1 is 1.53 bits per heavy atom. The number of anilines is 1. The second-order valence-corrected chi connectivity index (χ2v) is 5.01. The molecule has 0 aromatic carbocycles. The normalized spacial score (nSPS) is 21.1. The lowest BCUT2D eigenvalue weighted by molar-refractivity contribution is 0.765. The van der Waals surface area contributed by atoms with Gasteiger partial charge in [0.25, 0.3) is 0 Å². The first-order chi connectivity index (χ1) is 7.31. The first-order valence-corrected chi connectivity index (χ1v) is 5.94. The van der Waals surface area contributed by atoms with Crippen molar-refractivity contribution in [1.29, 1.82) is 5.26 Å². The maximum atomic E-state index is 8.93. The molecule has 2 heterocycles. The molecule has 0 spiro atoms. The molecule has 0 aliphatic carbocycles. The lowest BCUT2D eigenvalue weighted by Crippen LogP contribution is -2.37. The van der Waals surface area contributed by atoms with Crippen LogP contribution in [0.2, 0.25) is 0 Å². The smallest absolute Gasteiger partial charge is 0.183 e. The summed E-state index contributed by atoms with van der Waals surface area (Å²) in [5, 5.41) is 9.52. The molecule has 78 valence electrons. The number of nitriles is 1. The van der Waals surface area contributed by atoms with Gasteiger partial charge in [0.05, 0.1) is 0 Å². The number of nitrogens with zero attached hydrogens (tertiary/aromatic N) is 4. The Morgan fingerprint density at radius 3 is 3.07 bits per heavy atom. The molecule has 1 aromatic rings. The Labute approximate surface area is 93.3 Å². The Balaban J connectivity index is 2.25. The highest BCUT2D eigenvalue weighted by Crippen LogP contribution is 2.23. The van der Waals surface area contributed by atoms with E-state index in [1.807, 2.05) is 11.8 Å². The summed E-state index contributed by atoms with van der Waals surface area (Å²) in [5.74, 6) is 1.81. The van der Waals surface area contributed by atoms with Gasteiger partial charge in [-0.05, 0) is 0 Å². The Kier molecular flexibility index (Phi) is 3.07. The van der Waals surface area contributed by atoms with Crippen molar-refractivity contribution < 1.29 is 0 Å². The maximum absolute atomic E-state index is 8.93. The van der Waals surface area contributed by atoms with Crippen molar-refractivity contribution in [3.8, 4) is 6.07 Å². The number of hydrogen-bond donors (Lipinski definition) is 0. The molecule has 0 N–H and O–H groups in total. The maximum Gasteiger partial charge on any atom is 0.183 e. The molecular formula is C10H12N4S. The van der Waals surface area contributed by atoms with E-state index in [1.54, 1.807) is 12.4 Å². The van der Waals surface area contributed by atoms with Gasteiger partial charge in [-0.2, -0.15) is 17.0 Å². The lowest BCUT2D eigenvalue weighted by atomic mass is 10.3. The molecule has 0 bridgehead atoms. The zero-order valence-electron chi connectivity index (χ0n) is 8.55. The van der Waals surface area contributed by atoms with Crippen LogP contribution in [0, 0.1) is 11.3 Å². The molecule has 1 aliphatic heterocycles. The average Bonchev–Trinajstić information content (AvgIpc) is 2.29. The molecule has 1 unspecified atom stereocenters. The molecule has 1 fully saturated rings. The van der Waals surface area contributed by atoms with E-state index in [0.29, 0.717) is 10.9 Å². The lowest BCUT2D eigenvalue weighted by Gasteiger charge is -2.31. The zero-order valence-corrected chi connectivity index (χ0v) is 9.37. The average molecular weight is 220 g/mol. The van der Waals surface area contributed by atoms with Gasteiger partial charge in [-0.15, -0.1) is 0 Å². The minimum absolute atomic E-state index is 0.427. The van der Waals surface area contributed by atoms with Crippen molar-refractivity contribution >= 4 is 17.6 Å². The second-order valence-electron chi connectivity index (χ2n) is 3.47. The molecule has 1 saturated heterocycles. The van der Waals surface area contributed by atoms with Crippen LogP contribution in [-0.2, 0) is 0 Å². The van der Waals surface area contributed by atoms with Crippen LogP contribution in [0.3, 0.4) is 0 Å². The van der Waals surface area contributed by atoms with Gasteiger partial charge in [-0.3, -0.25) is 0 Å². The van der Waals surface area contributed by atoms with E-state index in [9.17, 15) is 0 Å². The molecule has 4 nitrogen and oxygen atoms in total. The van der Waals surface area contributed by atoms with Gasteiger partial charge in [-0.1, -0.05) is 6.92 Å². The van der Waals surface area contributed by atoms with E-state index >= 15 is 0 Å². The summed E-state index contributed by atoms with van der Waals surface area (Å²) < 4.78 is 0. The number of aromatic nitrogens is 2. The first-order valence-electron chi connectivity index (χ1n) is 4.89. The number of rotatable bonds is 1. The van der Waals surface area contributed by atoms with Crippen molar-refractivity contribution in [2.75, 3.05) is 23.7 Å². The van der Waals surface area contributed by atoms with E-state index in [4.69, 9.17) is 5.26 Å². The molecule has 2 rings (SSSR count). The molecule has 1 aliphatic rings. The quantitative estimate of drug-likeness (QED) is 0.714. The predicted molar refractivity (Wildman–Crippen MR) is 60.9 cm³/mol. The number of thioether (sulfide) groups is 1. The molecular weight excluding hydrogens is 208 g/mol. The van der Waals surface area contributed by atoms with Crippen LogP contribution < -0.4 is 4.90 Å². The second kappa shape index (κ2) is 4.49. The zero-order chi connectivity index (χ0) is 10.7. The molecule has 0 radical (unpaired) electrons. The molecule has 0 saturated carbocycles. The van der Waals surface area contributed by atoms with Crippen LogP contribution in [0.15, 0.2) is 12.4 Å². The molecule has 15 heavy (non-hydrogen) atoms. The van der Waals surface area contributed by atoms with Crippen LogP contribution in [0.25, 0.3) is 0 Å². The van der Waals surface area contributed by atoms with E-state index in [-0.39, 0.29) is 0 Å². The minimum Gasteiger partial charge on any atom is -0.352 e. The molecule has 0 amide bonds. The van der Waals surface area contributed by atoms with Crippen molar-refractivity contribution in [2.45, 2.75) is 12.2 Å². The SMILES string of the molecule is CC1CN(c2nccnc2C#N)CCS1. The highest BCUT2D eigenvalue weighted by atomic mass is 32.2. The number of hydrogen-bond acceptors (Lipinski definition) is 5. The fourth-order valence-electron chi connectivity index (χ4n) is 1.65. The minimum atomic E-state index is 0.427. The van der Waals surface area contributed by atoms with Crippen LogP contribution in [0.4, 0.5) is 5.82 Å². The Hall–Kier alpha value is -1.28. The van der Waals surface area contributed by atoms with E-state index in [1.165, 1.54) is 0 Å². The van der Waals surface area contributed by atoms with Gasteiger partial charge in [0, 0.05) is 36.5 Å². The van der Waals surface area contributed by atoms with Gasteiger partial charge in [0.2, 0.25) is 0 Å². The third-order valence-corrected chi connectivity index (χ3v) is 3.46. The molecule has 1 atom stereocenters. The van der Waals surface area contributed by atoms with Crippen molar-refractivity contribution in [2.24, 2.45) is 0 Å². The summed E-state index contributed by atoms with van der Waals surface area (Å²) in [4.78, 5) is 10.4. The summed E-state index contributed by atoms with van der Waals surface area (Å²) in [6.45, 7) is 4.08. The van der Waals surface area contributed by atoms with Gasteiger partial charge >= 0.3 is 0 Å². The summed E-state index contributed by atoms with van der Waals surface area (Å²) >= 11 is 1.96. The fraction of sp³-hybridized carbons (Fsp3) is 0.500. The molecule has 1 aromatic heterocycles. The summed E-state index contributed by atoms with van der Waals surface area (Å²) in [6, 6.07) is 2.09. The largest absolute Gasteiger partial charge is 0.352 e. The van der Waals surface area contributed by atoms with Gasteiger partial charge in [-0.25, -0.2) is 9.97 Å². The highest BCUT2D eigenvalue weighted by Gasteiger charge is 2.20. The van der Waals surface area contributed by atoms with Crippen LogP contribution in [-0.4, -0.2) is 34.1 Å². The van der Waals surface area contributed by atoms with Crippen molar-refractivity contribution in [1.82, 2.24) is 9.97 Å². The Morgan fingerprint density at radius 2 is 2.33 bits per heavy atom. The van der Waals surface area contributed by atoms with Gasteiger partial charge in [0.1, 0.15) is 6.07 Å². The highest BCUT2D eigenvalue weighted by molar-refractivity contribution is 8.00.